The third-order valence-corrected chi connectivity index (χ3v) is 2.81. The molecule has 1 rings (SSSR count). The fourth-order valence-electron chi connectivity index (χ4n) is 1.88. The van der Waals surface area contributed by atoms with Crippen LogP contribution >= 0.6 is 0 Å². The molecule has 0 saturated carbocycles. The standard InChI is InChI=1S/C9H19N.2C2H6/c1-4-5-9-7-6-8(2)10(9)3;2*1-2/h8-9H,4-7H2,1-3H3;2*1-2H3. The highest BCUT2D eigenvalue weighted by atomic mass is 15.2. The second-order valence-corrected chi connectivity index (χ2v) is 3.53. The van der Waals surface area contributed by atoms with Gasteiger partial charge in [-0.05, 0) is 33.2 Å². The van der Waals surface area contributed by atoms with Gasteiger partial charge in [-0.25, -0.2) is 0 Å². The quantitative estimate of drug-likeness (QED) is 0.643. The monoisotopic (exact) mass is 201 g/mol. The molecule has 2 unspecified atom stereocenters. The predicted molar refractivity (Wildman–Crippen MR) is 67.9 cm³/mol. The van der Waals surface area contributed by atoms with Gasteiger partial charge in [0.1, 0.15) is 0 Å². The fraction of sp³-hybridized carbons (Fsp3) is 1.00. The summed E-state index contributed by atoms with van der Waals surface area (Å²) in [6.07, 6.45) is 5.55. The molecule has 1 aliphatic rings. The number of nitrogens with zero attached hydrogens (tertiary/aromatic N) is 1. The lowest BCUT2D eigenvalue weighted by Crippen LogP contribution is -2.29. The molecule has 0 amide bonds. The van der Waals surface area contributed by atoms with Crippen molar-refractivity contribution in [1.29, 1.82) is 0 Å². The van der Waals surface area contributed by atoms with Crippen molar-refractivity contribution in [2.45, 2.75) is 79.3 Å². The molecule has 88 valence electrons. The highest BCUT2D eigenvalue weighted by molar-refractivity contribution is 4.81. The number of rotatable bonds is 2. The summed E-state index contributed by atoms with van der Waals surface area (Å²) in [7, 11) is 2.26. The summed E-state index contributed by atoms with van der Waals surface area (Å²) >= 11 is 0. The molecule has 0 aromatic rings. The van der Waals surface area contributed by atoms with Gasteiger partial charge in [-0.2, -0.15) is 0 Å². The Morgan fingerprint density at radius 1 is 1.07 bits per heavy atom. The zero-order valence-corrected chi connectivity index (χ0v) is 11.4. The average molecular weight is 201 g/mol. The van der Waals surface area contributed by atoms with Crippen LogP contribution in [0.25, 0.3) is 0 Å². The Balaban J connectivity index is 0. The summed E-state index contributed by atoms with van der Waals surface area (Å²) in [5, 5.41) is 0. The minimum absolute atomic E-state index is 0.830. The highest BCUT2D eigenvalue weighted by Crippen LogP contribution is 2.24. The van der Waals surface area contributed by atoms with Crippen LogP contribution in [-0.2, 0) is 0 Å². The summed E-state index contributed by atoms with van der Waals surface area (Å²) in [6, 6.07) is 1.72. The van der Waals surface area contributed by atoms with Crippen molar-refractivity contribution in [1.82, 2.24) is 4.90 Å². The summed E-state index contributed by atoms with van der Waals surface area (Å²) in [5.74, 6) is 0. The molecule has 14 heavy (non-hydrogen) atoms. The summed E-state index contributed by atoms with van der Waals surface area (Å²) in [4.78, 5) is 2.53. The lowest BCUT2D eigenvalue weighted by Gasteiger charge is -2.22. The van der Waals surface area contributed by atoms with Crippen LogP contribution in [0.4, 0.5) is 0 Å². The molecule has 1 saturated heterocycles. The molecule has 0 bridgehead atoms. The summed E-state index contributed by atoms with van der Waals surface area (Å²) in [5.41, 5.74) is 0. The molecule has 1 nitrogen and oxygen atoms in total. The van der Waals surface area contributed by atoms with E-state index >= 15 is 0 Å². The first kappa shape index (κ1) is 16.4. The van der Waals surface area contributed by atoms with E-state index in [2.05, 4.69) is 25.8 Å². The topological polar surface area (TPSA) is 3.24 Å². The van der Waals surface area contributed by atoms with Crippen molar-refractivity contribution in [2.75, 3.05) is 7.05 Å². The van der Waals surface area contributed by atoms with Crippen LogP contribution in [0.15, 0.2) is 0 Å². The Kier molecular flexibility index (Phi) is 12.9. The van der Waals surface area contributed by atoms with Gasteiger partial charge in [0.25, 0.3) is 0 Å². The Hall–Kier alpha value is -0.0400. The Labute approximate surface area is 91.9 Å². The van der Waals surface area contributed by atoms with E-state index in [-0.39, 0.29) is 0 Å². The third kappa shape index (κ3) is 5.64. The Bertz CT molecular complexity index is 99.4. The lowest BCUT2D eigenvalue weighted by atomic mass is 10.1. The minimum Gasteiger partial charge on any atom is -0.301 e. The maximum atomic E-state index is 2.53. The summed E-state index contributed by atoms with van der Waals surface area (Å²) < 4.78 is 0. The van der Waals surface area contributed by atoms with Crippen LogP contribution in [0.1, 0.15) is 67.2 Å². The van der Waals surface area contributed by atoms with Gasteiger partial charge in [0.15, 0.2) is 0 Å². The Morgan fingerprint density at radius 2 is 1.57 bits per heavy atom. The van der Waals surface area contributed by atoms with Gasteiger partial charge >= 0.3 is 0 Å². The van der Waals surface area contributed by atoms with E-state index in [1.807, 2.05) is 27.7 Å². The molecule has 0 spiro atoms. The van der Waals surface area contributed by atoms with Crippen LogP contribution in [0.3, 0.4) is 0 Å². The van der Waals surface area contributed by atoms with Gasteiger partial charge in [0.05, 0.1) is 0 Å². The van der Waals surface area contributed by atoms with Gasteiger partial charge in [-0.15, -0.1) is 0 Å². The average Bonchev–Trinajstić information content (AvgIpc) is 2.56. The third-order valence-electron chi connectivity index (χ3n) is 2.81. The van der Waals surface area contributed by atoms with Crippen LogP contribution < -0.4 is 0 Å². The predicted octanol–water partition coefficient (Wildman–Crippen LogP) is 4.32. The van der Waals surface area contributed by atoms with Crippen molar-refractivity contribution in [3.8, 4) is 0 Å². The maximum absolute atomic E-state index is 2.53. The lowest BCUT2D eigenvalue weighted by molar-refractivity contribution is 0.242. The molecule has 0 aromatic heterocycles. The molecule has 1 fully saturated rings. The van der Waals surface area contributed by atoms with Crippen LogP contribution in [0.5, 0.6) is 0 Å². The zero-order chi connectivity index (χ0) is 11.6. The van der Waals surface area contributed by atoms with Crippen molar-refractivity contribution in [3.63, 3.8) is 0 Å². The van der Waals surface area contributed by atoms with Gasteiger partial charge in [-0.1, -0.05) is 41.0 Å². The van der Waals surface area contributed by atoms with E-state index in [0.717, 1.165) is 12.1 Å². The summed E-state index contributed by atoms with van der Waals surface area (Å²) in [6.45, 7) is 12.6. The first-order chi connectivity index (χ1) is 6.75. The molecule has 1 heteroatoms. The molecule has 0 N–H and O–H groups in total. The normalized spacial score (nSPS) is 25.9. The van der Waals surface area contributed by atoms with Gasteiger partial charge in [0, 0.05) is 12.1 Å². The van der Waals surface area contributed by atoms with E-state index < -0.39 is 0 Å². The number of hydrogen-bond acceptors (Lipinski definition) is 1. The van der Waals surface area contributed by atoms with E-state index in [1.54, 1.807) is 0 Å². The van der Waals surface area contributed by atoms with Gasteiger partial charge in [0.2, 0.25) is 0 Å². The van der Waals surface area contributed by atoms with Crippen molar-refractivity contribution >= 4 is 0 Å². The van der Waals surface area contributed by atoms with Gasteiger partial charge < -0.3 is 4.90 Å². The van der Waals surface area contributed by atoms with E-state index in [1.165, 1.54) is 25.7 Å². The number of likely N-dealkylation sites (tertiary alicyclic amines) is 1. The highest BCUT2D eigenvalue weighted by Gasteiger charge is 2.25. The smallest absolute Gasteiger partial charge is 0.00955 e. The molecular formula is C13H31N. The van der Waals surface area contributed by atoms with Gasteiger partial charge in [-0.3, -0.25) is 0 Å². The van der Waals surface area contributed by atoms with Crippen molar-refractivity contribution in [3.05, 3.63) is 0 Å². The molecule has 0 aromatic carbocycles. The first-order valence-corrected chi connectivity index (χ1v) is 6.47. The zero-order valence-electron chi connectivity index (χ0n) is 11.4. The maximum Gasteiger partial charge on any atom is 0.00955 e. The Morgan fingerprint density at radius 3 is 1.86 bits per heavy atom. The second-order valence-electron chi connectivity index (χ2n) is 3.53. The van der Waals surface area contributed by atoms with Crippen LogP contribution in [0, 0.1) is 0 Å². The van der Waals surface area contributed by atoms with E-state index in [9.17, 15) is 0 Å². The minimum atomic E-state index is 0.830. The van der Waals surface area contributed by atoms with Crippen molar-refractivity contribution in [2.24, 2.45) is 0 Å². The SMILES string of the molecule is CC.CC.CCCC1CCC(C)N1C. The van der Waals surface area contributed by atoms with Crippen molar-refractivity contribution < 1.29 is 0 Å². The second kappa shape index (κ2) is 11.0. The first-order valence-electron chi connectivity index (χ1n) is 6.47. The fourth-order valence-corrected chi connectivity index (χ4v) is 1.88. The molecule has 0 radical (unpaired) electrons. The largest absolute Gasteiger partial charge is 0.301 e. The molecular weight excluding hydrogens is 170 g/mol. The molecule has 2 atom stereocenters. The van der Waals surface area contributed by atoms with Crippen LogP contribution in [0.2, 0.25) is 0 Å². The molecule has 1 aliphatic heterocycles. The molecule has 0 aliphatic carbocycles. The van der Waals surface area contributed by atoms with E-state index in [0.29, 0.717) is 0 Å². The van der Waals surface area contributed by atoms with Crippen LogP contribution in [-0.4, -0.2) is 24.0 Å². The number of hydrogen-bond donors (Lipinski definition) is 0. The molecule has 1 heterocycles. The van der Waals surface area contributed by atoms with E-state index in [4.69, 9.17) is 0 Å².